The number of hydrogen-bond acceptors (Lipinski definition) is 6. The molecular weight excluding hydrogens is 508 g/mol. The maximum absolute atomic E-state index is 13.3. The summed E-state index contributed by atoms with van der Waals surface area (Å²) in [4.78, 5) is 36.9. The molecule has 2 amide bonds. The molecule has 2 rings (SSSR count). The average molecular weight is 525 g/mol. The van der Waals surface area contributed by atoms with Crippen LogP contribution in [0.4, 0.5) is 32.0 Å². The summed E-state index contributed by atoms with van der Waals surface area (Å²) in [6.07, 6.45) is -9.88. The van der Waals surface area contributed by atoms with Gasteiger partial charge in [0.2, 0.25) is 5.91 Å². The van der Waals surface area contributed by atoms with Crippen molar-refractivity contribution in [3.8, 4) is 0 Å². The van der Waals surface area contributed by atoms with Crippen molar-refractivity contribution < 1.29 is 53.9 Å². The lowest BCUT2D eigenvalue weighted by Gasteiger charge is -2.24. The molecule has 0 unspecified atom stereocenters. The third kappa shape index (κ3) is 5.81. The van der Waals surface area contributed by atoms with Crippen LogP contribution in [0.15, 0.2) is 41.3 Å². The maximum Gasteiger partial charge on any atom is 0.416 e. The summed E-state index contributed by atoms with van der Waals surface area (Å²) in [5.41, 5.74) is -5.12. The summed E-state index contributed by atoms with van der Waals surface area (Å²) >= 11 is 0. The van der Waals surface area contributed by atoms with E-state index in [2.05, 4.69) is 4.74 Å². The van der Waals surface area contributed by atoms with E-state index in [0.29, 0.717) is 30.3 Å². The van der Waals surface area contributed by atoms with Gasteiger partial charge in [-0.2, -0.15) is 26.3 Å². The zero-order chi connectivity index (χ0) is 26.9. The number of halogens is 6. The quantitative estimate of drug-likeness (QED) is 0.421. The highest BCUT2D eigenvalue weighted by Crippen LogP contribution is 2.36. The Balaban J connectivity index is 2.83. The number of carbonyl (C=O) groups is 3. The van der Waals surface area contributed by atoms with E-state index < -0.39 is 78.6 Å². The first-order chi connectivity index (χ1) is 16.0. The molecule has 0 aliphatic rings. The minimum absolute atomic E-state index is 0.184. The molecule has 2 aromatic rings. The van der Waals surface area contributed by atoms with Crippen molar-refractivity contribution in [1.82, 2.24) is 0 Å². The molecule has 14 heteroatoms. The van der Waals surface area contributed by atoms with E-state index in [1.807, 2.05) is 0 Å². The van der Waals surface area contributed by atoms with Gasteiger partial charge in [0.05, 0.1) is 45.7 Å². The number of alkyl halides is 6. The first kappa shape index (κ1) is 27.8. The van der Waals surface area contributed by atoms with E-state index in [-0.39, 0.29) is 11.0 Å². The van der Waals surface area contributed by atoms with Crippen LogP contribution in [0, 0.1) is 0 Å². The largest absolute Gasteiger partial charge is 0.465 e. The number of carbonyl (C=O) groups excluding carboxylic acids is 3. The Bertz CT molecular complexity index is 1280. The van der Waals surface area contributed by atoms with Crippen molar-refractivity contribution >= 4 is 33.3 Å². The molecule has 0 aromatic heterocycles. The predicted octanol–water partition coefficient (Wildman–Crippen LogP) is 4.50. The Labute approximate surface area is 195 Å². The zero-order valence-electron chi connectivity index (χ0n) is 18.2. The number of sulfone groups is 1. The fraction of sp³-hybridized carbons (Fsp3) is 0.286. The van der Waals surface area contributed by atoms with Crippen molar-refractivity contribution in [3.63, 3.8) is 0 Å². The first-order valence-corrected chi connectivity index (χ1v) is 11.2. The van der Waals surface area contributed by atoms with E-state index in [9.17, 15) is 49.1 Å². The van der Waals surface area contributed by atoms with E-state index in [0.717, 1.165) is 21.0 Å². The second-order valence-electron chi connectivity index (χ2n) is 6.99. The monoisotopic (exact) mass is 525 g/mol. The molecule has 0 aliphatic heterocycles. The molecule has 0 saturated carbocycles. The second-order valence-corrected chi connectivity index (χ2v) is 9.24. The van der Waals surface area contributed by atoms with E-state index in [1.165, 1.54) is 0 Å². The van der Waals surface area contributed by atoms with Crippen molar-refractivity contribution in [2.45, 2.75) is 31.1 Å². The van der Waals surface area contributed by atoms with Crippen LogP contribution < -0.4 is 4.90 Å². The van der Waals surface area contributed by atoms with Gasteiger partial charge in [0.25, 0.3) is 5.91 Å². The van der Waals surface area contributed by atoms with Gasteiger partial charge in [0.15, 0.2) is 9.84 Å². The molecule has 0 fully saturated rings. The maximum atomic E-state index is 13.3. The molecule has 0 atom stereocenters. The van der Waals surface area contributed by atoms with Crippen molar-refractivity contribution in [2.75, 3.05) is 17.8 Å². The summed E-state index contributed by atoms with van der Waals surface area (Å²) in [6, 6.07) is 2.56. The Kier molecular flexibility index (Phi) is 7.69. The number of benzene rings is 2. The van der Waals surface area contributed by atoms with Gasteiger partial charge in [-0.1, -0.05) is 6.92 Å². The van der Waals surface area contributed by atoms with Crippen LogP contribution in [0.3, 0.4) is 0 Å². The van der Waals surface area contributed by atoms with E-state index in [4.69, 9.17) is 0 Å². The van der Waals surface area contributed by atoms with Gasteiger partial charge in [0, 0.05) is 6.92 Å². The molecule has 0 spiro atoms. The predicted molar refractivity (Wildman–Crippen MR) is 109 cm³/mol. The molecular formula is C21H17F6NO6S. The molecule has 7 nitrogen and oxygen atoms in total. The summed E-state index contributed by atoms with van der Waals surface area (Å²) in [5, 5.41) is 0. The number of nitrogens with zero attached hydrogens (tertiary/aromatic N) is 1. The molecule has 0 heterocycles. The average Bonchev–Trinajstić information content (AvgIpc) is 2.76. The molecule has 190 valence electrons. The third-order valence-electron chi connectivity index (χ3n) is 4.74. The minimum atomic E-state index is -4.97. The van der Waals surface area contributed by atoms with Gasteiger partial charge in [0.1, 0.15) is 0 Å². The SMILES string of the molecule is CCS(=O)(=O)c1cc(C(F)(F)F)ccc1C(=O)N(C(C)=O)c1ccc(C(F)(F)F)cc1C(=O)OC. The van der Waals surface area contributed by atoms with Crippen LogP contribution in [0.5, 0.6) is 0 Å². The number of hydrogen-bond donors (Lipinski definition) is 0. The number of ether oxygens (including phenoxy) is 1. The highest BCUT2D eigenvalue weighted by molar-refractivity contribution is 7.91. The van der Waals surface area contributed by atoms with Crippen molar-refractivity contribution in [2.24, 2.45) is 0 Å². The van der Waals surface area contributed by atoms with Crippen LogP contribution in [-0.2, 0) is 31.7 Å². The van der Waals surface area contributed by atoms with Crippen LogP contribution in [0.1, 0.15) is 45.7 Å². The van der Waals surface area contributed by atoms with Gasteiger partial charge in [-0.3, -0.25) is 9.59 Å². The minimum Gasteiger partial charge on any atom is -0.465 e. The molecule has 0 bridgehead atoms. The highest BCUT2D eigenvalue weighted by atomic mass is 32.2. The summed E-state index contributed by atoms with van der Waals surface area (Å²) in [6.45, 7) is 1.90. The van der Waals surface area contributed by atoms with Gasteiger partial charge < -0.3 is 4.74 Å². The number of amides is 2. The van der Waals surface area contributed by atoms with Gasteiger partial charge in [-0.05, 0) is 36.4 Å². The number of rotatable bonds is 5. The molecule has 0 saturated heterocycles. The lowest BCUT2D eigenvalue weighted by Crippen LogP contribution is -2.37. The fourth-order valence-electron chi connectivity index (χ4n) is 3.01. The lowest BCUT2D eigenvalue weighted by atomic mass is 10.0. The number of methoxy groups -OCH3 is 1. The van der Waals surface area contributed by atoms with Crippen LogP contribution in [0.25, 0.3) is 0 Å². The van der Waals surface area contributed by atoms with E-state index >= 15 is 0 Å². The molecule has 35 heavy (non-hydrogen) atoms. The summed E-state index contributed by atoms with van der Waals surface area (Å²) in [7, 11) is -3.63. The summed E-state index contributed by atoms with van der Waals surface area (Å²) in [5.74, 6) is -4.72. The number of anilines is 1. The smallest absolute Gasteiger partial charge is 0.416 e. The van der Waals surface area contributed by atoms with E-state index in [1.54, 1.807) is 0 Å². The van der Waals surface area contributed by atoms with Gasteiger partial charge in [-0.25, -0.2) is 18.1 Å². The van der Waals surface area contributed by atoms with Crippen molar-refractivity contribution in [3.05, 3.63) is 58.7 Å². The Morgan fingerprint density at radius 3 is 1.86 bits per heavy atom. The molecule has 0 aliphatic carbocycles. The van der Waals surface area contributed by atoms with Gasteiger partial charge >= 0.3 is 18.3 Å². The summed E-state index contributed by atoms with van der Waals surface area (Å²) < 4.78 is 108. The second kappa shape index (κ2) is 9.68. The molecule has 0 radical (unpaired) electrons. The molecule has 0 N–H and O–H groups in total. The van der Waals surface area contributed by atoms with Crippen molar-refractivity contribution in [1.29, 1.82) is 0 Å². The Hall–Kier alpha value is -3.42. The van der Waals surface area contributed by atoms with Crippen LogP contribution in [0.2, 0.25) is 0 Å². The van der Waals surface area contributed by atoms with Gasteiger partial charge in [-0.15, -0.1) is 0 Å². The Morgan fingerprint density at radius 1 is 0.886 bits per heavy atom. The number of esters is 1. The fourth-order valence-corrected chi connectivity index (χ4v) is 4.12. The third-order valence-corrected chi connectivity index (χ3v) is 6.51. The molecule has 2 aromatic carbocycles. The normalized spacial score (nSPS) is 12.3. The number of imide groups is 1. The topological polar surface area (TPSA) is 97.8 Å². The van der Waals surface area contributed by atoms with Crippen LogP contribution >= 0.6 is 0 Å². The standard InChI is InChI=1S/C21H17F6NO6S/c1-4-35(32,33)17-10-13(21(25,26)27)5-7-14(17)18(30)28(11(2)29)16-8-6-12(20(22,23)24)9-15(16)19(31)34-3/h5-10H,4H2,1-3H3. The zero-order valence-corrected chi connectivity index (χ0v) is 19.1. The highest BCUT2D eigenvalue weighted by Gasteiger charge is 2.37. The van der Waals surface area contributed by atoms with Crippen LogP contribution in [-0.4, -0.2) is 39.1 Å². The lowest BCUT2D eigenvalue weighted by molar-refractivity contribution is -0.138. The first-order valence-electron chi connectivity index (χ1n) is 9.54. The Morgan fingerprint density at radius 2 is 1.40 bits per heavy atom.